The maximum atomic E-state index is 14.7. The zero-order chi connectivity index (χ0) is 21.2. The molecule has 0 amide bonds. The van der Waals surface area contributed by atoms with Crippen molar-refractivity contribution >= 4 is 0 Å². The summed E-state index contributed by atoms with van der Waals surface area (Å²) in [6, 6.07) is 21.4. The Balaban J connectivity index is 1.69. The molecule has 0 aliphatic rings. The van der Waals surface area contributed by atoms with Crippen LogP contribution in [0.2, 0.25) is 0 Å². The van der Waals surface area contributed by atoms with Crippen LogP contribution < -0.4 is 0 Å². The van der Waals surface area contributed by atoms with Crippen LogP contribution in [0.1, 0.15) is 55.4 Å². The average Bonchev–Trinajstić information content (AvgIpc) is 2.77. The first kappa shape index (κ1) is 21.4. The predicted molar refractivity (Wildman–Crippen MR) is 125 cm³/mol. The molecule has 3 rings (SSSR count). The third-order valence-corrected chi connectivity index (χ3v) is 4.87. The van der Waals surface area contributed by atoms with E-state index in [2.05, 4.69) is 61.8 Å². The molecule has 0 unspecified atom stereocenters. The number of hydrogen-bond acceptors (Lipinski definition) is 0. The molecule has 30 heavy (non-hydrogen) atoms. The first-order valence-corrected chi connectivity index (χ1v) is 10.6. The molecule has 0 atom stereocenters. The normalized spacial score (nSPS) is 9.97. The second kappa shape index (κ2) is 11.0. The van der Waals surface area contributed by atoms with Gasteiger partial charge in [0.2, 0.25) is 0 Å². The van der Waals surface area contributed by atoms with Gasteiger partial charge in [-0.3, -0.25) is 0 Å². The van der Waals surface area contributed by atoms with Crippen LogP contribution in [-0.2, 0) is 12.8 Å². The van der Waals surface area contributed by atoms with E-state index in [-0.39, 0.29) is 5.82 Å². The van der Waals surface area contributed by atoms with Gasteiger partial charge in [0.05, 0.1) is 0 Å². The Bertz CT molecular complexity index is 1080. The van der Waals surface area contributed by atoms with E-state index in [0.717, 1.165) is 43.2 Å². The standard InChI is InChI=1S/C29H27F/c1-3-5-6-7-9-24-10-12-25(13-11-24)14-15-26-18-21-28(29(30)22-26)27-19-16-23(8-4-2)17-20-27/h10-13,16-22H,3-5,8-9H2,1-2H3. The van der Waals surface area contributed by atoms with Crippen molar-refractivity contribution in [2.75, 3.05) is 0 Å². The first-order valence-electron chi connectivity index (χ1n) is 10.6. The van der Waals surface area contributed by atoms with Crippen LogP contribution in [0.5, 0.6) is 0 Å². The van der Waals surface area contributed by atoms with E-state index in [0.29, 0.717) is 11.1 Å². The Morgan fingerprint density at radius 1 is 0.700 bits per heavy atom. The summed E-state index contributed by atoms with van der Waals surface area (Å²) < 4.78 is 14.7. The molecule has 0 aromatic heterocycles. The fourth-order valence-corrected chi connectivity index (χ4v) is 3.19. The van der Waals surface area contributed by atoms with Crippen molar-refractivity contribution in [2.45, 2.75) is 46.0 Å². The minimum Gasteiger partial charge on any atom is -0.206 e. The maximum absolute atomic E-state index is 14.7. The summed E-state index contributed by atoms with van der Waals surface area (Å²) in [6.07, 6.45) is 4.96. The smallest absolute Gasteiger partial charge is 0.132 e. The Morgan fingerprint density at radius 3 is 2.03 bits per heavy atom. The van der Waals surface area contributed by atoms with E-state index < -0.39 is 0 Å². The first-order chi connectivity index (χ1) is 14.7. The Labute approximate surface area is 180 Å². The molecule has 0 bridgehead atoms. The summed E-state index contributed by atoms with van der Waals surface area (Å²) in [5.41, 5.74) is 5.55. The van der Waals surface area contributed by atoms with Gasteiger partial charge in [-0.25, -0.2) is 4.39 Å². The molecule has 0 fully saturated rings. The molecule has 0 heterocycles. The molecule has 0 aliphatic carbocycles. The van der Waals surface area contributed by atoms with Crippen LogP contribution >= 0.6 is 0 Å². The highest BCUT2D eigenvalue weighted by molar-refractivity contribution is 5.65. The van der Waals surface area contributed by atoms with Gasteiger partial charge >= 0.3 is 0 Å². The summed E-state index contributed by atoms with van der Waals surface area (Å²) in [5.74, 6) is 12.3. The topological polar surface area (TPSA) is 0 Å². The number of aryl methyl sites for hydroxylation is 1. The lowest BCUT2D eigenvalue weighted by Crippen LogP contribution is -1.88. The van der Waals surface area contributed by atoms with Gasteiger partial charge < -0.3 is 0 Å². The number of unbranched alkanes of at least 4 members (excludes halogenated alkanes) is 1. The molecule has 1 heteroatoms. The minimum atomic E-state index is -0.244. The zero-order valence-corrected chi connectivity index (χ0v) is 17.8. The molecule has 3 aromatic carbocycles. The zero-order valence-electron chi connectivity index (χ0n) is 17.8. The van der Waals surface area contributed by atoms with Crippen LogP contribution in [0.25, 0.3) is 11.1 Å². The van der Waals surface area contributed by atoms with Gasteiger partial charge in [0.25, 0.3) is 0 Å². The molecule has 3 aromatic rings. The summed E-state index contributed by atoms with van der Waals surface area (Å²) in [4.78, 5) is 0. The van der Waals surface area contributed by atoms with Gasteiger partial charge in [-0.05, 0) is 53.8 Å². The summed E-state index contributed by atoms with van der Waals surface area (Å²) in [7, 11) is 0. The summed E-state index contributed by atoms with van der Waals surface area (Å²) in [6.45, 7) is 4.29. The van der Waals surface area contributed by atoms with E-state index in [1.807, 2.05) is 36.4 Å². The van der Waals surface area contributed by atoms with Gasteiger partial charge in [-0.2, -0.15) is 0 Å². The van der Waals surface area contributed by atoms with Crippen molar-refractivity contribution in [2.24, 2.45) is 0 Å². The molecular weight excluding hydrogens is 367 g/mol. The highest BCUT2D eigenvalue weighted by atomic mass is 19.1. The Kier molecular flexibility index (Phi) is 7.88. The van der Waals surface area contributed by atoms with Crippen molar-refractivity contribution in [3.63, 3.8) is 0 Å². The van der Waals surface area contributed by atoms with Crippen molar-refractivity contribution in [1.82, 2.24) is 0 Å². The quantitative estimate of drug-likeness (QED) is 0.402. The molecule has 0 saturated carbocycles. The summed E-state index contributed by atoms with van der Waals surface area (Å²) >= 11 is 0. The highest BCUT2D eigenvalue weighted by Gasteiger charge is 2.05. The largest absolute Gasteiger partial charge is 0.206 e. The monoisotopic (exact) mass is 394 g/mol. The van der Waals surface area contributed by atoms with E-state index in [4.69, 9.17) is 0 Å². The van der Waals surface area contributed by atoms with Gasteiger partial charge in [0, 0.05) is 29.5 Å². The lowest BCUT2D eigenvalue weighted by atomic mass is 10.0. The lowest BCUT2D eigenvalue weighted by Gasteiger charge is -2.06. The van der Waals surface area contributed by atoms with Crippen molar-refractivity contribution in [3.8, 4) is 34.8 Å². The van der Waals surface area contributed by atoms with E-state index in [1.165, 1.54) is 17.2 Å². The number of benzene rings is 3. The Morgan fingerprint density at radius 2 is 1.37 bits per heavy atom. The van der Waals surface area contributed by atoms with Crippen molar-refractivity contribution in [1.29, 1.82) is 0 Å². The molecule has 0 N–H and O–H groups in total. The molecule has 0 spiro atoms. The fourth-order valence-electron chi connectivity index (χ4n) is 3.19. The molecule has 0 nitrogen and oxygen atoms in total. The van der Waals surface area contributed by atoms with Crippen LogP contribution in [0, 0.1) is 29.5 Å². The van der Waals surface area contributed by atoms with Gasteiger partial charge in [0.15, 0.2) is 0 Å². The van der Waals surface area contributed by atoms with E-state index >= 15 is 0 Å². The van der Waals surface area contributed by atoms with E-state index in [9.17, 15) is 4.39 Å². The van der Waals surface area contributed by atoms with Gasteiger partial charge in [0.1, 0.15) is 5.82 Å². The van der Waals surface area contributed by atoms with Gasteiger partial charge in [-0.1, -0.05) is 80.5 Å². The fraction of sp³-hybridized carbons (Fsp3) is 0.241. The molecular formula is C29H27F. The highest BCUT2D eigenvalue weighted by Crippen LogP contribution is 2.24. The van der Waals surface area contributed by atoms with E-state index in [1.54, 1.807) is 0 Å². The summed E-state index contributed by atoms with van der Waals surface area (Å²) in [5, 5.41) is 0. The maximum Gasteiger partial charge on any atom is 0.132 e. The third kappa shape index (κ3) is 6.10. The second-order valence-corrected chi connectivity index (χ2v) is 7.37. The SMILES string of the molecule is CCCC#CCc1ccc(C#Cc2ccc(-c3ccc(CCC)cc3)c(F)c2)cc1. The van der Waals surface area contributed by atoms with Crippen LogP contribution in [0.3, 0.4) is 0 Å². The van der Waals surface area contributed by atoms with Crippen LogP contribution in [0.15, 0.2) is 66.7 Å². The average molecular weight is 395 g/mol. The van der Waals surface area contributed by atoms with Gasteiger partial charge in [-0.15, -0.1) is 5.92 Å². The van der Waals surface area contributed by atoms with Crippen LogP contribution in [-0.4, -0.2) is 0 Å². The lowest BCUT2D eigenvalue weighted by molar-refractivity contribution is 0.631. The number of rotatable bonds is 5. The minimum absolute atomic E-state index is 0.244. The Hall–Kier alpha value is -3.29. The third-order valence-electron chi connectivity index (χ3n) is 4.87. The second-order valence-electron chi connectivity index (χ2n) is 7.37. The van der Waals surface area contributed by atoms with Crippen molar-refractivity contribution < 1.29 is 4.39 Å². The molecule has 0 radical (unpaired) electrons. The predicted octanol–water partition coefficient (Wildman–Crippen LogP) is 7.19. The molecule has 0 saturated heterocycles. The molecule has 0 aliphatic heterocycles. The number of halogens is 1. The number of hydrogen-bond donors (Lipinski definition) is 0. The van der Waals surface area contributed by atoms with Crippen LogP contribution in [0.4, 0.5) is 4.39 Å². The van der Waals surface area contributed by atoms with Crippen molar-refractivity contribution in [3.05, 3.63) is 94.8 Å². The molecule has 150 valence electrons.